The van der Waals surface area contributed by atoms with E-state index in [1.54, 1.807) is 18.2 Å². The number of aliphatic hydroxyl groups is 1. The summed E-state index contributed by atoms with van der Waals surface area (Å²) in [7, 11) is 1.36. The van der Waals surface area contributed by atoms with Crippen molar-refractivity contribution < 1.29 is 14.6 Å². The van der Waals surface area contributed by atoms with Crippen LogP contribution < -0.4 is 0 Å². The maximum absolute atomic E-state index is 12.1. The molecule has 1 fully saturated rings. The molecule has 1 aromatic carbocycles. The number of benzene rings is 1. The van der Waals surface area contributed by atoms with Crippen molar-refractivity contribution in [1.82, 2.24) is 4.90 Å². The van der Waals surface area contributed by atoms with E-state index in [1.807, 2.05) is 11.0 Å². The highest BCUT2D eigenvalue weighted by atomic mass is 16.5. The fraction of sp³-hybridized carbons (Fsp3) is 0.467. The Hall–Kier alpha value is -1.90. The summed E-state index contributed by atoms with van der Waals surface area (Å²) in [6.45, 7) is 1.53. The van der Waals surface area contributed by atoms with Gasteiger partial charge in [-0.15, -0.1) is 0 Å². The summed E-state index contributed by atoms with van der Waals surface area (Å²) >= 11 is 0. The van der Waals surface area contributed by atoms with Gasteiger partial charge in [-0.3, -0.25) is 4.90 Å². The van der Waals surface area contributed by atoms with Crippen LogP contribution in [0.1, 0.15) is 23.6 Å². The second-order valence-corrected chi connectivity index (χ2v) is 5.00. The standard InChI is InChI=1S/C15H18N2O3/c1-20-15(19)14(17-6-5-12(9-17)10-18)13-4-2-3-11(7-13)8-16/h2-4,7,12,14,18H,5-6,9-10H2,1H3/t12-,14-/m1/s1. The van der Waals surface area contributed by atoms with Crippen LogP contribution in [0.4, 0.5) is 0 Å². The molecular weight excluding hydrogens is 256 g/mol. The third-order valence-electron chi connectivity index (χ3n) is 3.70. The molecule has 0 amide bonds. The molecule has 5 nitrogen and oxygen atoms in total. The number of nitriles is 1. The lowest BCUT2D eigenvalue weighted by atomic mass is 10.0. The summed E-state index contributed by atoms with van der Waals surface area (Å²) in [6.07, 6.45) is 0.863. The van der Waals surface area contributed by atoms with Crippen LogP contribution in [0.3, 0.4) is 0 Å². The van der Waals surface area contributed by atoms with Gasteiger partial charge in [0, 0.05) is 13.2 Å². The van der Waals surface area contributed by atoms with E-state index in [2.05, 4.69) is 6.07 Å². The molecule has 1 aliphatic rings. The van der Waals surface area contributed by atoms with Crippen LogP contribution in [0.2, 0.25) is 0 Å². The van der Waals surface area contributed by atoms with Crippen molar-refractivity contribution >= 4 is 5.97 Å². The Morgan fingerprint density at radius 3 is 3.05 bits per heavy atom. The predicted octanol–water partition coefficient (Wildman–Crippen LogP) is 1.09. The fourth-order valence-electron chi connectivity index (χ4n) is 2.63. The number of hydrogen-bond acceptors (Lipinski definition) is 5. The first-order valence-corrected chi connectivity index (χ1v) is 6.62. The van der Waals surface area contributed by atoms with Crippen LogP contribution >= 0.6 is 0 Å². The van der Waals surface area contributed by atoms with Crippen LogP contribution in [0.5, 0.6) is 0 Å². The zero-order chi connectivity index (χ0) is 14.5. The Kier molecular flexibility index (Phi) is 4.72. The van der Waals surface area contributed by atoms with E-state index >= 15 is 0 Å². The third kappa shape index (κ3) is 2.98. The summed E-state index contributed by atoms with van der Waals surface area (Å²) in [5.74, 6) is -0.139. The van der Waals surface area contributed by atoms with Gasteiger partial charge in [-0.1, -0.05) is 12.1 Å². The van der Waals surface area contributed by atoms with Crippen molar-refractivity contribution in [2.45, 2.75) is 12.5 Å². The smallest absolute Gasteiger partial charge is 0.327 e. The van der Waals surface area contributed by atoms with E-state index in [1.165, 1.54) is 7.11 Å². The lowest BCUT2D eigenvalue weighted by molar-refractivity contribution is -0.147. The number of carbonyl (C=O) groups is 1. The molecule has 1 aliphatic heterocycles. The summed E-state index contributed by atoms with van der Waals surface area (Å²) in [5, 5.41) is 18.2. The van der Waals surface area contributed by atoms with Crippen molar-refractivity contribution in [3.8, 4) is 6.07 Å². The van der Waals surface area contributed by atoms with Crippen molar-refractivity contribution in [2.24, 2.45) is 5.92 Å². The summed E-state index contributed by atoms with van der Waals surface area (Å²) in [5.41, 5.74) is 1.28. The second-order valence-electron chi connectivity index (χ2n) is 5.00. The zero-order valence-electron chi connectivity index (χ0n) is 11.5. The Labute approximate surface area is 118 Å². The Balaban J connectivity index is 2.28. The number of rotatable bonds is 4. The quantitative estimate of drug-likeness (QED) is 0.832. The summed E-state index contributed by atoms with van der Waals surface area (Å²) < 4.78 is 4.90. The van der Waals surface area contributed by atoms with Gasteiger partial charge in [0.15, 0.2) is 0 Å². The molecule has 1 aromatic rings. The van der Waals surface area contributed by atoms with Gasteiger partial charge in [-0.05, 0) is 36.6 Å². The van der Waals surface area contributed by atoms with Crippen molar-refractivity contribution in [3.63, 3.8) is 0 Å². The van der Waals surface area contributed by atoms with Crippen LogP contribution in [0, 0.1) is 17.2 Å². The maximum atomic E-state index is 12.1. The molecule has 20 heavy (non-hydrogen) atoms. The van der Waals surface area contributed by atoms with Gasteiger partial charge < -0.3 is 9.84 Å². The molecule has 1 saturated heterocycles. The van der Waals surface area contributed by atoms with Crippen molar-refractivity contribution in [3.05, 3.63) is 35.4 Å². The monoisotopic (exact) mass is 274 g/mol. The van der Waals surface area contributed by atoms with E-state index in [0.29, 0.717) is 12.1 Å². The minimum Gasteiger partial charge on any atom is -0.468 e. The largest absolute Gasteiger partial charge is 0.468 e. The zero-order valence-corrected chi connectivity index (χ0v) is 11.5. The van der Waals surface area contributed by atoms with E-state index < -0.39 is 6.04 Å². The first kappa shape index (κ1) is 14.5. The van der Waals surface area contributed by atoms with Gasteiger partial charge in [-0.2, -0.15) is 5.26 Å². The minimum absolute atomic E-state index is 0.128. The minimum atomic E-state index is -0.509. The molecule has 2 atom stereocenters. The molecule has 1 N–H and O–H groups in total. The number of ether oxygens (including phenoxy) is 1. The highest BCUT2D eigenvalue weighted by Gasteiger charge is 2.34. The molecular formula is C15H18N2O3. The molecule has 106 valence electrons. The van der Waals surface area contributed by atoms with Crippen LogP contribution in [-0.4, -0.2) is 42.8 Å². The van der Waals surface area contributed by atoms with Gasteiger partial charge in [0.05, 0.1) is 18.7 Å². The van der Waals surface area contributed by atoms with Crippen LogP contribution in [0.25, 0.3) is 0 Å². The van der Waals surface area contributed by atoms with Crippen molar-refractivity contribution in [1.29, 1.82) is 5.26 Å². The van der Waals surface area contributed by atoms with Gasteiger partial charge in [-0.25, -0.2) is 4.79 Å². The average molecular weight is 274 g/mol. The summed E-state index contributed by atoms with van der Waals surface area (Å²) in [4.78, 5) is 14.1. The highest BCUT2D eigenvalue weighted by molar-refractivity contribution is 5.77. The van der Waals surface area contributed by atoms with Gasteiger partial charge in [0.2, 0.25) is 0 Å². The molecule has 0 saturated carbocycles. The SMILES string of the molecule is COC(=O)[C@@H](c1cccc(C#N)c1)N1CC[C@@H](CO)C1. The van der Waals surface area contributed by atoms with Crippen LogP contribution in [-0.2, 0) is 9.53 Å². The Morgan fingerprint density at radius 2 is 2.45 bits per heavy atom. The van der Waals surface area contributed by atoms with Gasteiger partial charge in [0.25, 0.3) is 0 Å². The summed E-state index contributed by atoms with van der Waals surface area (Å²) in [6, 6.07) is 8.59. The van der Waals surface area contributed by atoms with Crippen LogP contribution in [0.15, 0.2) is 24.3 Å². The number of esters is 1. The predicted molar refractivity (Wildman–Crippen MR) is 72.7 cm³/mol. The molecule has 0 aromatic heterocycles. The molecule has 0 spiro atoms. The lowest BCUT2D eigenvalue weighted by Gasteiger charge is -2.26. The fourth-order valence-corrected chi connectivity index (χ4v) is 2.63. The van der Waals surface area contributed by atoms with Gasteiger partial charge in [0.1, 0.15) is 6.04 Å². The van der Waals surface area contributed by atoms with Gasteiger partial charge >= 0.3 is 5.97 Å². The van der Waals surface area contributed by atoms with E-state index in [9.17, 15) is 9.90 Å². The van der Waals surface area contributed by atoms with E-state index in [4.69, 9.17) is 10.00 Å². The molecule has 0 aliphatic carbocycles. The first-order valence-electron chi connectivity index (χ1n) is 6.62. The van der Waals surface area contributed by atoms with E-state index in [0.717, 1.165) is 18.5 Å². The van der Waals surface area contributed by atoms with Crippen molar-refractivity contribution in [2.75, 3.05) is 26.8 Å². The number of hydrogen-bond donors (Lipinski definition) is 1. The number of carbonyl (C=O) groups excluding carboxylic acids is 1. The number of nitrogens with zero attached hydrogens (tertiary/aromatic N) is 2. The number of aliphatic hydroxyl groups excluding tert-OH is 1. The Bertz CT molecular complexity index is 524. The van der Waals surface area contributed by atoms with E-state index in [-0.39, 0.29) is 18.5 Å². The first-order chi connectivity index (χ1) is 9.69. The number of likely N-dealkylation sites (tertiary alicyclic amines) is 1. The average Bonchev–Trinajstić information content (AvgIpc) is 2.96. The molecule has 0 radical (unpaired) electrons. The number of methoxy groups -OCH3 is 1. The molecule has 5 heteroatoms. The molecule has 1 heterocycles. The normalized spacial score (nSPS) is 20.4. The molecule has 2 rings (SSSR count). The second kappa shape index (κ2) is 6.51. The Morgan fingerprint density at radius 1 is 1.65 bits per heavy atom. The maximum Gasteiger partial charge on any atom is 0.327 e. The highest BCUT2D eigenvalue weighted by Crippen LogP contribution is 2.29. The molecule has 0 bridgehead atoms. The molecule has 0 unspecified atom stereocenters. The topological polar surface area (TPSA) is 73.6 Å². The third-order valence-corrected chi connectivity index (χ3v) is 3.70. The lowest BCUT2D eigenvalue weighted by Crippen LogP contribution is -2.33.